The Morgan fingerprint density at radius 3 is 2.85 bits per heavy atom. The Morgan fingerprint density at radius 2 is 2.20 bits per heavy atom. The van der Waals surface area contributed by atoms with E-state index in [4.69, 9.17) is 5.11 Å². The van der Waals surface area contributed by atoms with Crippen LogP contribution in [-0.4, -0.2) is 29.7 Å². The van der Waals surface area contributed by atoms with Gasteiger partial charge in [0, 0.05) is 12.2 Å². The van der Waals surface area contributed by atoms with E-state index in [9.17, 15) is 9.59 Å². The van der Waals surface area contributed by atoms with Crippen molar-refractivity contribution in [3.05, 3.63) is 29.3 Å². The Balaban J connectivity index is 2.18. The first-order chi connectivity index (χ1) is 9.52. The zero-order chi connectivity index (χ0) is 14.7. The Labute approximate surface area is 118 Å². The van der Waals surface area contributed by atoms with Crippen molar-refractivity contribution in [1.82, 2.24) is 5.32 Å². The standard InChI is InChI=1S/C15H20N2O3/c1-3-12(14(18)19)16-15(20)17-8-4-5-11-9-10(2)6-7-13(11)17/h6-7,9,12H,3-5,8H2,1-2H3,(H,16,20)(H,18,19). The van der Waals surface area contributed by atoms with Crippen LogP contribution < -0.4 is 10.2 Å². The average Bonchev–Trinajstić information content (AvgIpc) is 2.43. The van der Waals surface area contributed by atoms with Gasteiger partial charge in [-0.3, -0.25) is 4.90 Å². The molecule has 1 atom stereocenters. The first-order valence-electron chi connectivity index (χ1n) is 6.93. The number of carboxylic acid groups (broad SMARTS) is 1. The third-order valence-electron chi connectivity index (χ3n) is 3.60. The number of nitrogens with zero attached hydrogens (tertiary/aromatic N) is 1. The van der Waals surface area contributed by atoms with E-state index in [0.29, 0.717) is 13.0 Å². The second-order valence-electron chi connectivity index (χ2n) is 5.14. The molecule has 0 saturated carbocycles. The predicted molar refractivity (Wildman–Crippen MR) is 77.1 cm³/mol. The molecule has 20 heavy (non-hydrogen) atoms. The maximum absolute atomic E-state index is 12.3. The van der Waals surface area contributed by atoms with Crippen molar-refractivity contribution in [2.45, 2.75) is 39.2 Å². The summed E-state index contributed by atoms with van der Waals surface area (Å²) < 4.78 is 0. The fraction of sp³-hybridized carbons (Fsp3) is 0.467. The number of hydrogen-bond donors (Lipinski definition) is 2. The number of carbonyl (C=O) groups excluding carboxylic acids is 1. The molecule has 1 aromatic rings. The number of aryl methyl sites for hydroxylation is 2. The van der Waals surface area contributed by atoms with Crippen molar-refractivity contribution in [2.75, 3.05) is 11.4 Å². The van der Waals surface area contributed by atoms with Crippen molar-refractivity contribution in [3.63, 3.8) is 0 Å². The van der Waals surface area contributed by atoms with Gasteiger partial charge in [-0.2, -0.15) is 0 Å². The number of nitrogens with one attached hydrogen (secondary N) is 1. The van der Waals surface area contributed by atoms with Crippen molar-refractivity contribution >= 4 is 17.7 Å². The number of hydrogen-bond acceptors (Lipinski definition) is 2. The van der Waals surface area contributed by atoms with Crippen LogP contribution in [0.4, 0.5) is 10.5 Å². The van der Waals surface area contributed by atoms with Gasteiger partial charge in [-0.25, -0.2) is 9.59 Å². The van der Waals surface area contributed by atoms with Gasteiger partial charge in [-0.1, -0.05) is 24.6 Å². The summed E-state index contributed by atoms with van der Waals surface area (Å²) in [7, 11) is 0. The van der Waals surface area contributed by atoms with E-state index in [1.807, 2.05) is 19.1 Å². The second-order valence-corrected chi connectivity index (χ2v) is 5.14. The average molecular weight is 276 g/mol. The number of carbonyl (C=O) groups is 2. The molecule has 1 aliphatic heterocycles. The smallest absolute Gasteiger partial charge is 0.326 e. The summed E-state index contributed by atoms with van der Waals surface area (Å²) in [6.07, 6.45) is 2.22. The number of benzene rings is 1. The monoisotopic (exact) mass is 276 g/mol. The molecule has 5 heteroatoms. The quantitative estimate of drug-likeness (QED) is 0.890. The number of amides is 2. The van der Waals surface area contributed by atoms with Gasteiger partial charge >= 0.3 is 12.0 Å². The van der Waals surface area contributed by atoms with Gasteiger partial charge in [0.1, 0.15) is 6.04 Å². The van der Waals surface area contributed by atoms with Crippen LogP contribution in [0.1, 0.15) is 30.9 Å². The summed E-state index contributed by atoms with van der Waals surface area (Å²) in [4.78, 5) is 24.9. The molecular formula is C15H20N2O3. The summed E-state index contributed by atoms with van der Waals surface area (Å²) >= 11 is 0. The summed E-state index contributed by atoms with van der Waals surface area (Å²) in [5.41, 5.74) is 3.21. The van der Waals surface area contributed by atoms with E-state index in [1.54, 1.807) is 11.8 Å². The number of anilines is 1. The SMILES string of the molecule is CCC(NC(=O)N1CCCc2cc(C)ccc21)C(=O)O. The molecule has 1 aliphatic rings. The van der Waals surface area contributed by atoms with Crippen LogP contribution in [0, 0.1) is 6.92 Å². The van der Waals surface area contributed by atoms with Crippen molar-refractivity contribution in [3.8, 4) is 0 Å². The molecule has 0 aliphatic carbocycles. The van der Waals surface area contributed by atoms with Crippen LogP contribution >= 0.6 is 0 Å². The number of urea groups is 1. The molecule has 108 valence electrons. The van der Waals surface area contributed by atoms with Gasteiger partial charge in [-0.05, 0) is 37.8 Å². The highest BCUT2D eigenvalue weighted by molar-refractivity contribution is 5.95. The molecule has 0 bridgehead atoms. The zero-order valence-corrected chi connectivity index (χ0v) is 11.8. The molecular weight excluding hydrogens is 256 g/mol. The Morgan fingerprint density at radius 1 is 1.45 bits per heavy atom. The van der Waals surface area contributed by atoms with E-state index in [1.165, 1.54) is 5.56 Å². The normalized spacial score (nSPS) is 15.4. The largest absolute Gasteiger partial charge is 0.480 e. The van der Waals surface area contributed by atoms with E-state index in [-0.39, 0.29) is 6.03 Å². The van der Waals surface area contributed by atoms with Crippen molar-refractivity contribution < 1.29 is 14.7 Å². The summed E-state index contributed by atoms with van der Waals surface area (Å²) in [6, 6.07) is 4.83. The minimum absolute atomic E-state index is 0.330. The van der Waals surface area contributed by atoms with Gasteiger partial charge in [-0.15, -0.1) is 0 Å². The second kappa shape index (κ2) is 5.94. The third-order valence-corrected chi connectivity index (χ3v) is 3.60. The topological polar surface area (TPSA) is 69.6 Å². The van der Waals surface area contributed by atoms with E-state index in [0.717, 1.165) is 24.1 Å². The lowest BCUT2D eigenvalue weighted by atomic mass is 10.00. The maximum Gasteiger partial charge on any atom is 0.326 e. The number of aliphatic carboxylic acids is 1. The number of carboxylic acids is 1. The zero-order valence-electron chi connectivity index (χ0n) is 11.8. The maximum atomic E-state index is 12.3. The van der Waals surface area contributed by atoms with E-state index < -0.39 is 12.0 Å². The first-order valence-corrected chi connectivity index (χ1v) is 6.93. The van der Waals surface area contributed by atoms with Crippen LogP contribution in [0.15, 0.2) is 18.2 Å². The van der Waals surface area contributed by atoms with E-state index in [2.05, 4.69) is 11.4 Å². The predicted octanol–water partition coefficient (Wildman–Crippen LogP) is 2.32. The number of rotatable bonds is 3. The van der Waals surface area contributed by atoms with Crippen molar-refractivity contribution in [2.24, 2.45) is 0 Å². The summed E-state index contributed by atoms with van der Waals surface area (Å²) in [5.74, 6) is -0.998. The minimum atomic E-state index is -0.998. The summed E-state index contributed by atoms with van der Waals surface area (Å²) in [6.45, 7) is 4.39. The first kappa shape index (κ1) is 14.4. The fourth-order valence-electron chi connectivity index (χ4n) is 2.50. The Bertz CT molecular complexity index is 528. The molecule has 0 aromatic heterocycles. The third kappa shape index (κ3) is 2.92. The van der Waals surface area contributed by atoms with Crippen LogP contribution in [0.5, 0.6) is 0 Å². The van der Waals surface area contributed by atoms with Crippen molar-refractivity contribution in [1.29, 1.82) is 0 Å². The summed E-state index contributed by atoms with van der Waals surface area (Å²) in [5, 5.41) is 11.6. The molecule has 5 nitrogen and oxygen atoms in total. The molecule has 0 saturated heterocycles. The number of fused-ring (bicyclic) bond motifs is 1. The van der Waals surface area contributed by atoms with Gasteiger partial charge < -0.3 is 10.4 Å². The van der Waals surface area contributed by atoms with Crippen LogP contribution in [0.25, 0.3) is 0 Å². The molecule has 0 fully saturated rings. The molecule has 1 aromatic carbocycles. The highest BCUT2D eigenvalue weighted by atomic mass is 16.4. The molecule has 2 N–H and O–H groups in total. The highest BCUT2D eigenvalue weighted by Gasteiger charge is 2.26. The lowest BCUT2D eigenvalue weighted by molar-refractivity contribution is -0.139. The Hall–Kier alpha value is -2.04. The molecule has 1 heterocycles. The lowest BCUT2D eigenvalue weighted by Crippen LogP contribution is -2.49. The van der Waals surface area contributed by atoms with E-state index >= 15 is 0 Å². The molecule has 2 amide bonds. The van der Waals surface area contributed by atoms with Gasteiger partial charge in [0.25, 0.3) is 0 Å². The molecule has 1 unspecified atom stereocenters. The van der Waals surface area contributed by atoms with Crippen LogP contribution in [0.3, 0.4) is 0 Å². The molecule has 0 radical (unpaired) electrons. The highest BCUT2D eigenvalue weighted by Crippen LogP contribution is 2.28. The van der Waals surface area contributed by atoms with Gasteiger partial charge in [0.2, 0.25) is 0 Å². The van der Waals surface area contributed by atoms with Crippen LogP contribution in [-0.2, 0) is 11.2 Å². The Kier molecular flexibility index (Phi) is 4.27. The fourth-order valence-corrected chi connectivity index (χ4v) is 2.50. The molecule has 2 rings (SSSR count). The minimum Gasteiger partial charge on any atom is -0.480 e. The molecule has 0 spiro atoms. The van der Waals surface area contributed by atoms with Gasteiger partial charge in [0.05, 0.1) is 0 Å². The lowest BCUT2D eigenvalue weighted by Gasteiger charge is -2.30. The van der Waals surface area contributed by atoms with Crippen LogP contribution in [0.2, 0.25) is 0 Å². The van der Waals surface area contributed by atoms with Gasteiger partial charge in [0.15, 0.2) is 0 Å².